The Morgan fingerprint density at radius 2 is 2.10 bits per heavy atom. The number of rotatable bonds is 5. The molecule has 1 aromatic rings. The average molecular weight is 297 g/mol. The van der Waals surface area contributed by atoms with Gasteiger partial charge in [0.2, 0.25) is 5.91 Å². The van der Waals surface area contributed by atoms with Gasteiger partial charge in [0.25, 0.3) is 0 Å². The van der Waals surface area contributed by atoms with E-state index in [1.54, 1.807) is 0 Å². The lowest BCUT2D eigenvalue weighted by Crippen LogP contribution is -2.24. The molecule has 110 valence electrons. The van der Waals surface area contributed by atoms with Crippen molar-refractivity contribution in [2.24, 2.45) is 11.8 Å². The third-order valence-electron chi connectivity index (χ3n) is 3.75. The van der Waals surface area contributed by atoms with Gasteiger partial charge in [0.15, 0.2) is 0 Å². The van der Waals surface area contributed by atoms with Crippen molar-refractivity contribution in [2.45, 2.75) is 19.3 Å². The van der Waals surface area contributed by atoms with Crippen molar-refractivity contribution in [3.05, 3.63) is 24.3 Å². The lowest BCUT2D eigenvalue weighted by molar-refractivity contribution is -0.119. The molecule has 3 rings (SSSR count). The van der Waals surface area contributed by atoms with Crippen LogP contribution in [0.4, 0.5) is 5.69 Å². The van der Waals surface area contributed by atoms with Gasteiger partial charge in [0.05, 0.1) is 18.2 Å². The molecule has 1 amide bonds. The first-order chi connectivity index (χ1) is 9.33. The highest BCUT2D eigenvalue weighted by atomic mass is 35.5. The first-order valence-electron chi connectivity index (χ1n) is 7.06. The number of para-hydroxylation sites is 2. The van der Waals surface area contributed by atoms with Crippen LogP contribution in [-0.4, -0.2) is 25.6 Å². The van der Waals surface area contributed by atoms with Crippen LogP contribution in [0.5, 0.6) is 5.75 Å². The molecule has 1 saturated carbocycles. The lowest BCUT2D eigenvalue weighted by atomic mass is 10.1. The van der Waals surface area contributed by atoms with Gasteiger partial charge in [-0.05, 0) is 43.9 Å². The predicted octanol–water partition coefficient (Wildman–Crippen LogP) is 2.45. The van der Waals surface area contributed by atoms with E-state index >= 15 is 0 Å². The summed E-state index contributed by atoms with van der Waals surface area (Å²) in [5.41, 5.74) is 0.792. The molecule has 0 spiro atoms. The van der Waals surface area contributed by atoms with Crippen molar-refractivity contribution in [3.8, 4) is 5.75 Å². The fourth-order valence-corrected chi connectivity index (χ4v) is 2.30. The maximum atomic E-state index is 12.1. The Morgan fingerprint density at radius 1 is 1.30 bits per heavy atom. The minimum absolute atomic E-state index is 0. The van der Waals surface area contributed by atoms with E-state index in [-0.39, 0.29) is 24.2 Å². The molecule has 2 aliphatic rings. The van der Waals surface area contributed by atoms with E-state index < -0.39 is 0 Å². The van der Waals surface area contributed by atoms with Gasteiger partial charge in [0, 0.05) is 6.54 Å². The van der Waals surface area contributed by atoms with Crippen LogP contribution in [0.3, 0.4) is 0 Å². The highest BCUT2D eigenvalue weighted by Gasteiger charge is 2.24. The molecule has 4 nitrogen and oxygen atoms in total. The molecule has 1 aromatic carbocycles. The largest absolute Gasteiger partial charge is 0.491 e. The topological polar surface area (TPSA) is 50.4 Å². The molecule has 1 atom stereocenters. The summed E-state index contributed by atoms with van der Waals surface area (Å²) in [6, 6.07) is 7.69. The summed E-state index contributed by atoms with van der Waals surface area (Å²) in [5, 5.41) is 6.20. The number of anilines is 1. The molecule has 0 radical (unpaired) electrons. The van der Waals surface area contributed by atoms with Gasteiger partial charge in [-0.2, -0.15) is 0 Å². The summed E-state index contributed by atoms with van der Waals surface area (Å²) in [5.74, 6) is 1.67. The van der Waals surface area contributed by atoms with Crippen molar-refractivity contribution >= 4 is 24.0 Å². The van der Waals surface area contributed by atoms with Gasteiger partial charge in [-0.1, -0.05) is 12.1 Å². The Kier molecular flexibility index (Phi) is 5.26. The van der Waals surface area contributed by atoms with E-state index in [4.69, 9.17) is 4.74 Å². The van der Waals surface area contributed by atoms with Crippen LogP contribution in [0.15, 0.2) is 24.3 Å². The zero-order valence-electron chi connectivity index (χ0n) is 11.4. The quantitative estimate of drug-likeness (QED) is 0.877. The molecule has 0 bridgehead atoms. The summed E-state index contributed by atoms with van der Waals surface area (Å²) in [4.78, 5) is 12.1. The predicted molar refractivity (Wildman–Crippen MR) is 81.5 cm³/mol. The zero-order chi connectivity index (χ0) is 13.1. The molecular formula is C15H21ClN2O2. The zero-order valence-corrected chi connectivity index (χ0v) is 12.2. The molecule has 1 saturated heterocycles. The third kappa shape index (κ3) is 3.87. The van der Waals surface area contributed by atoms with Gasteiger partial charge >= 0.3 is 0 Å². The van der Waals surface area contributed by atoms with Crippen LogP contribution in [0.1, 0.15) is 19.3 Å². The smallest absolute Gasteiger partial charge is 0.228 e. The molecular weight excluding hydrogens is 276 g/mol. The van der Waals surface area contributed by atoms with Crippen molar-refractivity contribution in [1.82, 2.24) is 5.32 Å². The minimum Gasteiger partial charge on any atom is -0.491 e. The second-order valence-electron chi connectivity index (χ2n) is 5.43. The number of ether oxygens (including phenoxy) is 1. The third-order valence-corrected chi connectivity index (χ3v) is 3.75. The van der Waals surface area contributed by atoms with Gasteiger partial charge in [-0.25, -0.2) is 0 Å². The van der Waals surface area contributed by atoms with Crippen LogP contribution < -0.4 is 15.4 Å². The second-order valence-corrected chi connectivity index (χ2v) is 5.43. The maximum Gasteiger partial charge on any atom is 0.228 e. The summed E-state index contributed by atoms with van der Waals surface area (Å²) in [7, 11) is 0. The number of carbonyl (C=O) groups excluding carboxylic acids is 1. The monoisotopic (exact) mass is 296 g/mol. The number of benzene rings is 1. The highest BCUT2D eigenvalue weighted by Crippen LogP contribution is 2.31. The fraction of sp³-hybridized carbons (Fsp3) is 0.533. The van der Waals surface area contributed by atoms with Crippen LogP contribution in [-0.2, 0) is 4.79 Å². The standard InChI is InChI=1S/C15H20N2O2.ClH/c18-15(12-7-8-16-9-12)17-13-3-1-2-4-14(13)19-10-11-5-6-11;/h1-4,11-12,16H,5-10H2,(H,17,18);1H. The van der Waals surface area contributed by atoms with Crippen molar-refractivity contribution in [2.75, 3.05) is 25.0 Å². The molecule has 2 fully saturated rings. The summed E-state index contributed by atoms with van der Waals surface area (Å²) < 4.78 is 5.79. The summed E-state index contributed by atoms with van der Waals surface area (Å²) >= 11 is 0. The molecule has 5 heteroatoms. The Bertz CT molecular complexity index is 457. The van der Waals surface area contributed by atoms with E-state index in [1.165, 1.54) is 12.8 Å². The molecule has 1 aliphatic carbocycles. The van der Waals surface area contributed by atoms with Gasteiger partial charge in [-0.3, -0.25) is 4.79 Å². The Balaban J connectivity index is 0.00000147. The van der Waals surface area contributed by atoms with E-state index in [1.807, 2.05) is 24.3 Å². The minimum atomic E-state index is 0. The van der Waals surface area contributed by atoms with Crippen LogP contribution >= 0.6 is 12.4 Å². The van der Waals surface area contributed by atoms with Crippen LogP contribution in [0.25, 0.3) is 0 Å². The summed E-state index contributed by atoms with van der Waals surface area (Å²) in [6.07, 6.45) is 3.45. The SMILES string of the molecule is Cl.O=C(Nc1ccccc1OCC1CC1)C1CCNC1. The van der Waals surface area contributed by atoms with Crippen LogP contribution in [0, 0.1) is 11.8 Å². The van der Waals surface area contributed by atoms with Gasteiger partial charge in [-0.15, -0.1) is 12.4 Å². The Labute approximate surface area is 125 Å². The number of hydrogen-bond donors (Lipinski definition) is 2. The second kappa shape index (κ2) is 6.95. The van der Waals surface area contributed by atoms with Crippen molar-refractivity contribution < 1.29 is 9.53 Å². The first kappa shape index (κ1) is 15.1. The van der Waals surface area contributed by atoms with Crippen molar-refractivity contribution in [1.29, 1.82) is 0 Å². The number of amides is 1. The number of carbonyl (C=O) groups is 1. The summed E-state index contributed by atoms with van der Waals surface area (Å²) in [6.45, 7) is 2.46. The first-order valence-corrected chi connectivity index (χ1v) is 7.06. The van der Waals surface area contributed by atoms with E-state index in [2.05, 4.69) is 10.6 Å². The Hall–Kier alpha value is -1.26. The lowest BCUT2D eigenvalue weighted by Gasteiger charge is -2.14. The molecule has 20 heavy (non-hydrogen) atoms. The molecule has 1 unspecified atom stereocenters. The molecule has 2 N–H and O–H groups in total. The normalized spacial score (nSPS) is 21.1. The Morgan fingerprint density at radius 3 is 2.80 bits per heavy atom. The molecule has 0 aromatic heterocycles. The fourth-order valence-electron chi connectivity index (χ4n) is 2.30. The van der Waals surface area contributed by atoms with Gasteiger partial charge < -0.3 is 15.4 Å². The van der Waals surface area contributed by atoms with Crippen LogP contribution in [0.2, 0.25) is 0 Å². The van der Waals surface area contributed by atoms with Crippen molar-refractivity contribution in [3.63, 3.8) is 0 Å². The molecule has 1 heterocycles. The maximum absolute atomic E-state index is 12.1. The number of nitrogens with one attached hydrogen (secondary N) is 2. The van der Waals surface area contributed by atoms with E-state index in [9.17, 15) is 4.79 Å². The average Bonchev–Trinajstić information content (AvgIpc) is 3.09. The highest BCUT2D eigenvalue weighted by molar-refractivity contribution is 5.94. The van der Waals surface area contributed by atoms with E-state index in [0.717, 1.165) is 37.6 Å². The number of hydrogen-bond acceptors (Lipinski definition) is 3. The molecule has 1 aliphatic heterocycles. The van der Waals surface area contributed by atoms with Gasteiger partial charge in [0.1, 0.15) is 5.75 Å². The van der Waals surface area contributed by atoms with E-state index in [0.29, 0.717) is 5.92 Å². The number of halogens is 1.